The van der Waals surface area contributed by atoms with E-state index in [0.29, 0.717) is 17.1 Å². The summed E-state index contributed by atoms with van der Waals surface area (Å²) < 4.78 is 0. The van der Waals surface area contributed by atoms with E-state index >= 15 is 0 Å². The highest BCUT2D eigenvalue weighted by Crippen LogP contribution is 2.24. The van der Waals surface area contributed by atoms with E-state index in [9.17, 15) is 4.79 Å². The standard InChI is InChI=1S/C7H14N4OS/c1-4(2)6-9-5(3-13-6)10-7(12)11-8/h3-4,6,9H,8H2,1-2H3,(H2,10,11,12). The summed E-state index contributed by atoms with van der Waals surface area (Å²) >= 11 is 1.65. The van der Waals surface area contributed by atoms with Gasteiger partial charge < -0.3 is 5.32 Å². The number of hydrazine groups is 1. The molecule has 74 valence electrons. The quantitative estimate of drug-likeness (QED) is 0.294. The lowest BCUT2D eigenvalue weighted by molar-refractivity contribution is 0.243. The van der Waals surface area contributed by atoms with Gasteiger partial charge in [0.05, 0.1) is 5.37 Å². The Hall–Kier alpha value is -0.880. The van der Waals surface area contributed by atoms with E-state index < -0.39 is 6.03 Å². The topological polar surface area (TPSA) is 79.2 Å². The van der Waals surface area contributed by atoms with Crippen molar-refractivity contribution in [2.24, 2.45) is 11.8 Å². The van der Waals surface area contributed by atoms with Crippen LogP contribution in [-0.2, 0) is 0 Å². The molecule has 13 heavy (non-hydrogen) atoms. The molecule has 1 unspecified atom stereocenters. The number of rotatable bonds is 2. The smallest absolute Gasteiger partial charge is 0.334 e. The number of nitrogens with two attached hydrogens (primary N) is 1. The Labute approximate surface area is 81.5 Å². The highest BCUT2D eigenvalue weighted by molar-refractivity contribution is 8.02. The highest BCUT2D eigenvalue weighted by Gasteiger charge is 2.20. The molecule has 0 aromatic heterocycles. The number of urea groups is 1. The molecule has 6 heteroatoms. The lowest BCUT2D eigenvalue weighted by Crippen LogP contribution is -2.43. The van der Waals surface area contributed by atoms with Crippen LogP contribution in [0.4, 0.5) is 4.79 Å². The molecule has 0 aromatic rings. The number of hydrogen-bond acceptors (Lipinski definition) is 4. The first kappa shape index (κ1) is 10.2. The van der Waals surface area contributed by atoms with E-state index in [1.165, 1.54) is 0 Å². The normalized spacial score (nSPS) is 20.9. The zero-order valence-corrected chi connectivity index (χ0v) is 8.44. The van der Waals surface area contributed by atoms with Gasteiger partial charge in [-0.3, -0.25) is 10.7 Å². The molecule has 1 heterocycles. The fourth-order valence-corrected chi connectivity index (χ4v) is 1.83. The predicted octanol–water partition coefficient (Wildman–Crippen LogP) is 0.277. The predicted molar refractivity (Wildman–Crippen MR) is 53.3 cm³/mol. The second kappa shape index (κ2) is 4.38. The monoisotopic (exact) mass is 202 g/mol. The van der Waals surface area contributed by atoms with Gasteiger partial charge in [-0.05, 0) is 5.92 Å². The van der Waals surface area contributed by atoms with Gasteiger partial charge in [-0.2, -0.15) is 0 Å². The molecule has 0 aliphatic carbocycles. The number of carbonyl (C=O) groups excluding carboxylic acids is 1. The van der Waals surface area contributed by atoms with E-state index in [0.717, 1.165) is 0 Å². The van der Waals surface area contributed by atoms with Crippen molar-refractivity contribution in [2.45, 2.75) is 19.2 Å². The molecule has 0 bridgehead atoms. The average molecular weight is 202 g/mol. The molecule has 0 spiro atoms. The molecule has 2 amide bonds. The van der Waals surface area contributed by atoms with E-state index in [4.69, 9.17) is 5.84 Å². The number of thioether (sulfide) groups is 1. The Morgan fingerprint density at radius 1 is 1.77 bits per heavy atom. The van der Waals surface area contributed by atoms with Crippen LogP contribution in [0.1, 0.15) is 13.8 Å². The summed E-state index contributed by atoms with van der Waals surface area (Å²) in [5, 5.41) is 7.92. The number of amides is 2. The van der Waals surface area contributed by atoms with Crippen LogP contribution in [0.3, 0.4) is 0 Å². The minimum Gasteiger partial charge on any atom is -0.359 e. The highest BCUT2D eigenvalue weighted by atomic mass is 32.2. The largest absolute Gasteiger partial charge is 0.359 e. The van der Waals surface area contributed by atoms with Crippen LogP contribution < -0.4 is 21.9 Å². The Morgan fingerprint density at radius 2 is 2.46 bits per heavy atom. The SMILES string of the molecule is CC(C)C1NC(NC(=O)NN)=CS1. The van der Waals surface area contributed by atoms with Crippen molar-refractivity contribution in [3.63, 3.8) is 0 Å². The average Bonchev–Trinajstić information content (AvgIpc) is 2.52. The molecule has 1 aliphatic rings. The first-order valence-corrected chi connectivity index (χ1v) is 4.97. The van der Waals surface area contributed by atoms with Gasteiger partial charge in [0.1, 0.15) is 5.82 Å². The molecule has 1 atom stereocenters. The molecule has 0 fully saturated rings. The van der Waals surface area contributed by atoms with Crippen LogP contribution >= 0.6 is 11.8 Å². The zero-order chi connectivity index (χ0) is 9.84. The van der Waals surface area contributed by atoms with Crippen molar-refractivity contribution in [2.75, 3.05) is 0 Å². The summed E-state index contributed by atoms with van der Waals surface area (Å²) in [6.07, 6.45) is 0. The molecule has 0 saturated heterocycles. The Bertz CT molecular complexity index is 229. The van der Waals surface area contributed by atoms with Gasteiger partial charge in [0.15, 0.2) is 0 Å². The third-order valence-corrected chi connectivity index (χ3v) is 2.94. The molecular weight excluding hydrogens is 188 g/mol. The van der Waals surface area contributed by atoms with Gasteiger partial charge in [0.25, 0.3) is 0 Å². The summed E-state index contributed by atoms with van der Waals surface area (Å²) in [6.45, 7) is 4.23. The van der Waals surface area contributed by atoms with Crippen LogP contribution in [0.15, 0.2) is 11.2 Å². The van der Waals surface area contributed by atoms with Crippen LogP contribution in [0.5, 0.6) is 0 Å². The second-order valence-electron chi connectivity index (χ2n) is 3.08. The number of nitrogens with one attached hydrogen (secondary N) is 3. The number of carbonyl (C=O) groups is 1. The molecule has 0 aromatic carbocycles. The summed E-state index contributed by atoms with van der Waals surface area (Å²) in [5.41, 5.74) is 2.00. The third-order valence-electron chi connectivity index (χ3n) is 1.62. The van der Waals surface area contributed by atoms with Crippen LogP contribution in [0, 0.1) is 5.92 Å². The first-order valence-electron chi connectivity index (χ1n) is 4.03. The molecule has 1 aliphatic heterocycles. The van der Waals surface area contributed by atoms with Gasteiger partial charge >= 0.3 is 6.03 Å². The van der Waals surface area contributed by atoms with Crippen molar-refractivity contribution < 1.29 is 4.79 Å². The van der Waals surface area contributed by atoms with E-state index in [2.05, 4.69) is 24.5 Å². The fraction of sp³-hybridized carbons (Fsp3) is 0.571. The van der Waals surface area contributed by atoms with Gasteiger partial charge in [-0.1, -0.05) is 13.8 Å². The summed E-state index contributed by atoms with van der Waals surface area (Å²) in [5.74, 6) is 6.14. The van der Waals surface area contributed by atoms with Crippen molar-refractivity contribution >= 4 is 17.8 Å². The third kappa shape index (κ3) is 2.82. The summed E-state index contributed by atoms with van der Waals surface area (Å²) in [7, 11) is 0. The van der Waals surface area contributed by atoms with Crippen molar-refractivity contribution in [3.05, 3.63) is 11.2 Å². The Morgan fingerprint density at radius 3 is 2.92 bits per heavy atom. The van der Waals surface area contributed by atoms with E-state index in [-0.39, 0.29) is 0 Å². The molecule has 0 saturated carbocycles. The van der Waals surface area contributed by atoms with Crippen molar-refractivity contribution in [1.82, 2.24) is 16.1 Å². The first-order chi connectivity index (χ1) is 6.13. The van der Waals surface area contributed by atoms with Crippen LogP contribution in [0.25, 0.3) is 0 Å². The Kier molecular flexibility index (Phi) is 3.44. The maximum atomic E-state index is 10.8. The molecule has 5 N–H and O–H groups in total. The lowest BCUT2D eigenvalue weighted by Gasteiger charge is -2.16. The van der Waals surface area contributed by atoms with Gasteiger partial charge in [0, 0.05) is 5.41 Å². The minimum atomic E-state index is -0.413. The molecular formula is C7H14N4OS. The van der Waals surface area contributed by atoms with E-state index in [1.807, 2.05) is 10.8 Å². The van der Waals surface area contributed by atoms with Gasteiger partial charge in [-0.25, -0.2) is 10.6 Å². The summed E-state index contributed by atoms with van der Waals surface area (Å²) in [4.78, 5) is 10.8. The fourth-order valence-electron chi connectivity index (χ4n) is 0.910. The number of hydrogen-bond donors (Lipinski definition) is 4. The van der Waals surface area contributed by atoms with Gasteiger partial charge in [0.2, 0.25) is 0 Å². The maximum Gasteiger partial charge on any atom is 0.334 e. The Balaban J connectivity index is 2.36. The second-order valence-corrected chi connectivity index (χ2v) is 4.09. The van der Waals surface area contributed by atoms with Crippen molar-refractivity contribution in [3.8, 4) is 0 Å². The zero-order valence-electron chi connectivity index (χ0n) is 7.63. The van der Waals surface area contributed by atoms with Crippen molar-refractivity contribution in [1.29, 1.82) is 0 Å². The molecule has 5 nitrogen and oxygen atoms in total. The van der Waals surface area contributed by atoms with Gasteiger partial charge in [-0.15, -0.1) is 11.8 Å². The summed E-state index contributed by atoms with van der Waals surface area (Å²) in [6, 6.07) is -0.413. The maximum absolute atomic E-state index is 10.8. The molecule has 0 radical (unpaired) electrons. The van der Waals surface area contributed by atoms with Crippen LogP contribution in [0.2, 0.25) is 0 Å². The van der Waals surface area contributed by atoms with Crippen LogP contribution in [-0.4, -0.2) is 11.4 Å². The minimum absolute atomic E-state index is 0.327. The molecule has 1 rings (SSSR count). The lowest BCUT2D eigenvalue weighted by atomic mass is 10.2. The van der Waals surface area contributed by atoms with E-state index in [1.54, 1.807) is 11.8 Å².